The predicted octanol–water partition coefficient (Wildman–Crippen LogP) is 1.28. The van der Waals surface area contributed by atoms with Gasteiger partial charge in [0.1, 0.15) is 11.4 Å². The second kappa shape index (κ2) is 8.55. The Balaban J connectivity index is 1.88. The summed E-state index contributed by atoms with van der Waals surface area (Å²) in [7, 11) is 0. The number of benzene rings is 1. The van der Waals surface area contributed by atoms with Gasteiger partial charge in [0, 0.05) is 12.1 Å². The van der Waals surface area contributed by atoms with Gasteiger partial charge in [-0.2, -0.15) is 5.10 Å². The van der Waals surface area contributed by atoms with Crippen molar-refractivity contribution < 1.29 is 28.6 Å². The first-order valence-corrected chi connectivity index (χ1v) is 9.01. The highest BCUT2D eigenvalue weighted by molar-refractivity contribution is 6.00. The molecule has 0 unspecified atom stereocenters. The molecule has 1 amide bonds. The number of ether oxygens (including phenoxy) is 3. The molecule has 1 N–H and O–H groups in total. The van der Waals surface area contributed by atoms with Crippen molar-refractivity contribution in [2.45, 2.75) is 20.3 Å². The Labute approximate surface area is 161 Å². The van der Waals surface area contributed by atoms with E-state index in [0.29, 0.717) is 35.7 Å². The average molecular weight is 387 g/mol. The van der Waals surface area contributed by atoms with Crippen LogP contribution in [0.5, 0.6) is 5.75 Å². The minimum absolute atomic E-state index is 0.148. The summed E-state index contributed by atoms with van der Waals surface area (Å²) in [6.45, 7) is 4.18. The van der Waals surface area contributed by atoms with Crippen LogP contribution in [0.3, 0.4) is 0 Å². The lowest BCUT2D eigenvalue weighted by Crippen LogP contribution is -2.33. The van der Waals surface area contributed by atoms with Gasteiger partial charge in [-0.3, -0.25) is 4.79 Å². The van der Waals surface area contributed by atoms with Crippen LogP contribution in [0.4, 0.5) is 0 Å². The maximum absolute atomic E-state index is 12.4. The molecule has 148 valence electrons. The van der Waals surface area contributed by atoms with Crippen molar-refractivity contribution in [2.24, 2.45) is 0 Å². The van der Waals surface area contributed by atoms with E-state index in [1.54, 1.807) is 38.1 Å². The molecule has 9 heteroatoms. The molecule has 1 aliphatic rings. The SMILES string of the molecule is CCOC(=O)COc1ccc(-n2nc(C(=O)OCC)c3c2C(=O)NCC3)cc1. The third-order valence-electron chi connectivity index (χ3n) is 4.07. The summed E-state index contributed by atoms with van der Waals surface area (Å²) < 4.78 is 16.7. The molecule has 3 rings (SSSR count). The van der Waals surface area contributed by atoms with Crippen LogP contribution in [0.25, 0.3) is 5.69 Å². The van der Waals surface area contributed by atoms with Crippen LogP contribution in [0.15, 0.2) is 24.3 Å². The summed E-state index contributed by atoms with van der Waals surface area (Å²) in [4.78, 5) is 36.0. The van der Waals surface area contributed by atoms with Gasteiger partial charge in [0.15, 0.2) is 12.3 Å². The Morgan fingerprint density at radius 3 is 2.54 bits per heavy atom. The zero-order valence-electron chi connectivity index (χ0n) is 15.7. The number of aromatic nitrogens is 2. The number of esters is 2. The van der Waals surface area contributed by atoms with Crippen molar-refractivity contribution in [3.05, 3.63) is 41.2 Å². The molecule has 28 heavy (non-hydrogen) atoms. The zero-order valence-corrected chi connectivity index (χ0v) is 15.7. The molecule has 0 spiro atoms. The Hall–Kier alpha value is -3.36. The Bertz CT molecular complexity index is 888. The average Bonchev–Trinajstić information content (AvgIpc) is 3.08. The summed E-state index contributed by atoms with van der Waals surface area (Å²) in [5.41, 5.74) is 1.61. The maximum Gasteiger partial charge on any atom is 0.359 e. The van der Waals surface area contributed by atoms with E-state index in [1.807, 2.05) is 0 Å². The number of hydrogen-bond donors (Lipinski definition) is 1. The van der Waals surface area contributed by atoms with Crippen molar-refractivity contribution in [3.8, 4) is 11.4 Å². The molecule has 0 radical (unpaired) electrons. The fourth-order valence-electron chi connectivity index (χ4n) is 2.88. The topological polar surface area (TPSA) is 109 Å². The van der Waals surface area contributed by atoms with Crippen molar-refractivity contribution in [3.63, 3.8) is 0 Å². The lowest BCUT2D eigenvalue weighted by Gasteiger charge is -2.15. The highest BCUT2D eigenvalue weighted by Gasteiger charge is 2.30. The van der Waals surface area contributed by atoms with Gasteiger partial charge in [-0.1, -0.05) is 0 Å². The van der Waals surface area contributed by atoms with Crippen molar-refractivity contribution in [1.29, 1.82) is 0 Å². The number of carbonyl (C=O) groups excluding carboxylic acids is 3. The molecule has 1 aliphatic heterocycles. The molecule has 0 fully saturated rings. The molecule has 2 heterocycles. The fraction of sp³-hybridized carbons (Fsp3) is 0.368. The van der Waals surface area contributed by atoms with E-state index in [2.05, 4.69) is 10.4 Å². The predicted molar refractivity (Wildman–Crippen MR) is 97.7 cm³/mol. The van der Waals surface area contributed by atoms with Crippen LogP contribution in [0.1, 0.15) is 40.4 Å². The number of carbonyl (C=O) groups is 3. The molecule has 0 saturated heterocycles. The van der Waals surface area contributed by atoms with Gasteiger partial charge >= 0.3 is 11.9 Å². The summed E-state index contributed by atoms with van der Waals surface area (Å²) in [6.07, 6.45) is 0.496. The van der Waals surface area contributed by atoms with Gasteiger partial charge in [-0.15, -0.1) is 0 Å². The quantitative estimate of drug-likeness (QED) is 0.713. The van der Waals surface area contributed by atoms with E-state index in [9.17, 15) is 14.4 Å². The summed E-state index contributed by atoms with van der Waals surface area (Å²) >= 11 is 0. The van der Waals surface area contributed by atoms with Gasteiger partial charge in [-0.25, -0.2) is 14.3 Å². The normalized spacial score (nSPS) is 12.7. The second-order valence-corrected chi connectivity index (χ2v) is 5.90. The first kappa shape index (κ1) is 19.4. The molecule has 9 nitrogen and oxygen atoms in total. The minimum atomic E-state index is -0.554. The van der Waals surface area contributed by atoms with E-state index in [1.165, 1.54) is 4.68 Å². The minimum Gasteiger partial charge on any atom is -0.482 e. The lowest BCUT2D eigenvalue weighted by atomic mass is 10.1. The van der Waals surface area contributed by atoms with Crippen LogP contribution in [0.2, 0.25) is 0 Å². The van der Waals surface area contributed by atoms with Crippen LogP contribution in [-0.2, 0) is 20.7 Å². The molecule has 0 saturated carbocycles. The number of amides is 1. The van der Waals surface area contributed by atoms with E-state index >= 15 is 0 Å². The standard InChI is InChI=1S/C19H21N3O6/c1-3-26-15(23)11-28-13-7-5-12(6-8-13)22-17-14(9-10-20-18(17)24)16(21-22)19(25)27-4-2/h5-8H,3-4,9-11H2,1-2H3,(H,20,24). The largest absolute Gasteiger partial charge is 0.482 e. The van der Waals surface area contributed by atoms with Crippen LogP contribution in [-0.4, -0.2) is 54.0 Å². The molecule has 0 atom stereocenters. The zero-order chi connectivity index (χ0) is 20.1. The lowest BCUT2D eigenvalue weighted by molar-refractivity contribution is -0.145. The number of fused-ring (bicyclic) bond motifs is 1. The third-order valence-corrected chi connectivity index (χ3v) is 4.07. The number of rotatable bonds is 7. The van der Waals surface area contributed by atoms with E-state index < -0.39 is 11.9 Å². The molecule has 2 aromatic rings. The summed E-state index contributed by atoms with van der Waals surface area (Å²) in [6, 6.07) is 6.66. The monoisotopic (exact) mass is 387 g/mol. The molecule has 0 bridgehead atoms. The molecular weight excluding hydrogens is 366 g/mol. The fourth-order valence-corrected chi connectivity index (χ4v) is 2.88. The van der Waals surface area contributed by atoms with Gasteiger partial charge in [0.05, 0.1) is 18.9 Å². The third kappa shape index (κ3) is 3.98. The summed E-state index contributed by atoms with van der Waals surface area (Å²) in [5, 5.41) is 7.09. The van der Waals surface area contributed by atoms with Gasteiger partial charge < -0.3 is 19.5 Å². The first-order valence-electron chi connectivity index (χ1n) is 9.01. The first-order chi connectivity index (χ1) is 13.5. The smallest absolute Gasteiger partial charge is 0.359 e. The Kier molecular flexibility index (Phi) is 5.93. The van der Waals surface area contributed by atoms with Gasteiger partial charge in [0.25, 0.3) is 5.91 Å². The van der Waals surface area contributed by atoms with Crippen LogP contribution in [0, 0.1) is 0 Å². The van der Waals surface area contributed by atoms with Crippen molar-refractivity contribution in [2.75, 3.05) is 26.4 Å². The molecule has 0 aliphatic carbocycles. The van der Waals surface area contributed by atoms with Gasteiger partial charge in [-0.05, 0) is 44.5 Å². The maximum atomic E-state index is 12.4. The van der Waals surface area contributed by atoms with Crippen molar-refractivity contribution in [1.82, 2.24) is 15.1 Å². The van der Waals surface area contributed by atoms with Crippen LogP contribution >= 0.6 is 0 Å². The summed E-state index contributed by atoms with van der Waals surface area (Å²) in [5.74, 6) is -0.843. The molecule has 1 aromatic carbocycles. The Morgan fingerprint density at radius 2 is 1.86 bits per heavy atom. The van der Waals surface area contributed by atoms with E-state index in [-0.39, 0.29) is 31.4 Å². The molecule has 1 aromatic heterocycles. The Morgan fingerprint density at radius 1 is 1.14 bits per heavy atom. The number of nitrogens with one attached hydrogen (secondary N) is 1. The second-order valence-electron chi connectivity index (χ2n) is 5.90. The highest BCUT2D eigenvalue weighted by Crippen LogP contribution is 2.24. The van der Waals surface area contributed by atoms with E-state index in [4.69, 9.17) is 14.2 Å². The number of hydrogen-bond acceptors (Lipinski definition) is 7. The van der Waals surface area contributed by atoms with E-state index in [0.717, 1.165) is 0 Å². The molecular formula is C19H21N3O6. The van der Waals surface area contributed by atoms with Gasteiger partial charge in [0.2, 0.25) is 0 Å². The number of nitrogens with zero attached hydrogens (tertiary/aromatic N) is 2. The van der Waals surface area contributed by atoms with Crippen molar-refractivity contribution >= 4 is 17.8 Å². The van der Waals surface area contributed by atoms with Crippen LogP contribution < -0.4 is 10.1 Å². The highest BCUT2D eigenvalue weighted by atomic mass is 16.6.